The smallest absolute Gasteiger partial charge is 0.408 e. The van der Waals surface area contributed by atoms with Gasteiger partial charge in [0.05, 0.1) is 0 Å². The Hall–Kier alpha value is -3.14. The molecule has 0 saturated heterocycles. The molecule has 0 radical (unpaired) electrons. The van der Waals surface area contributed by atoms with Crippen molar-refractivity contribution in [2.45, 2.75) is 38.8 Å². The molecule has 1 amide bonds. The van der Waals surface area contributed by atoms with Crippen LogP contribution in [0.4, 0.5) is 9.18 Å². The van der Waals surface area contributed by atoms with Crippen molar-refractivity contribution >= 4 is 6.09 Å². The highest BCUT2D eigenvalue weighted by atomic mass is 19.1. The van der Waals surface area contributed by atoms with Gasteiger partial charge in [-0.1, -0.05) is 12.1 Å². The third-order valence-electron chi connectivity index (χ3n) is 3.75. The van der Waals surface area contributed by atoms with Crippen LogP contribution in [-0.4, -0.2) is 22.3 Å². The molecule has 0 aliphatic rings. The number of carbonyl (C=O) groups excluding carboxylic acids is 1. The summed E-state index contributed by atoms with van der Waals surface area (Å²) in [6, 6.07) is 9.47. The van der Waals surface area contributed by atoms with Crippen LogP contribution < -0.4 is 10.9 Å². The molecular formula is C20H22FN3O3. The Morgan fingerprint density at radius 2 is 1.96 bits per heavy atom. The maximum atomic E-state index is 14.5. The highest BCUT2D eigenvalue weighted by molar-refractivity contribution is 5.68. The molecule has 6 nitrogen and oxygen atoms in total. The van der Waals surface area contributed by atoms with Gasteiger partial charge in [-0.2, -0.15) is 5.26 Å². The minimum absolute atomic E-state index is 0.0621. The minimum Gasteiger partial charge on any atom is -0.430 e. The van der Waals surface area contributed by atoms with Crippen LogP contribution >= 0.6 is 0 Å². The lowest BCUT2D eigenvalue weighted by molar-refractivity contribution is 0.114. The topological polar surface area (TPSA) is 84.1 Å². The molecule has 0 aliphatic heterocycles. The zero-order valence-electron chi connectivity index (χ0n) is 15.7. The maximum Gasteiger partial charge on any atom is 0.408 e. The Balaban J connectivity index is 2.14. The third-order valence-corrected chi connectivity index (χ3v) is 3.75. The van der Waals surface area contributed by atoms with Gasteiger partial charge in [-0.25, -0.2) is 9.18 Å². The fourth-order valence-electron chi connectivity index (χ4n) is 2.44. The Morgan fingerprint density at radius 3 is 2.52 bits per heavy atom. The summed E-state index contributed by atoms with van der Waals surface area (Å²) >= 11 is 0. The van der Waals surface area contributed by atoms with Crippen LogP contribution in [0.15, 0.2) is 41.3 Å². The van der Waals surface area contributed by atoms with Gasteiger partial charge in [0.1, 0.15) is 11.9 Å². The second-order valence-corrected chi connectivity index (χ2v) is 7.28. The number of pyridine rings is 1. The monoisotopic (exact) mass is 371 g/mol. The number of hydrogen-bond acceptors (Lipinski definition) is 4. The van der Waals surface area contributed by atoms with E-state index < -0.39 is 23.6 Å². The molecule has 0 saturated carbocycles. The lowest BCUT2D eigenvalue weighted by Crippen LogP contribution is -2.42. The van der Waals surface area contributed by atoms with Crippen molar-refractivity contribution in [1.29, 1.82) is 5.26 Å². The molecule has 1 atom stereocenters. The number of ether oxygens (including phenoxy) is 1. The van der Waals surface area contributed by atoms with Crippen molar-refractivity contribution < 1.29 is 13.9 Å². The number of alkyl carbamates (subject to hydrolysis) is 1. The molecular weight excluding hydrogens is 349 g/mol. The number of rotatable bonds is 4. The van der Waals surface area contributed by atoms with Crippen molar-refractivity contribution in [3.05, 3.63) is 58.3 Å². The maximum absolute atomic E-state index is 14.5. The van der Waals surface area contributed by atoms with E-state index in [1.807, 2.05) is 6.07 Å². The van der Waals surface area contributed by atoms with E-state index in [4.69, 9.17) is 4.74 Å². The van der Waals surface area contributed by atoms with E-state index in [1.54, 1.807) is 52.2 Å². The molecule has 7 heteroatoms. The first-order chi connectivity index (χ1) is 12.6. The van der Waals surface area contributed by atoms with Crippen LogP contribution in [0.25, 0.3) is 11.1 Å². The fourth-order valence-corrected chi connectivity index (χ4v) is 2.44. The average molecular weight is 371 g/mol. The standard InChI is InChI=1S/C20H22FN3O3/c1-20(2,3)23-19(26)27-16(11-22)9-14-6-5-13(10-17(14)21)15-7-8-18(25)24(4)12-15/h5-8,10,12,16H,9H2,1-4H3,(H,23,26)/t16-/m0/s1. The summed E-state index contributed by atoms with van der Waals surface area (Å²) in [5, 5.41) is 11.8. The third kappa shape index (κ3) is 5.68. The molecule has 142 valence electrons. The molecule has 1 N–H and O–H groups in total. The first-order valence-corrected chi connectivity index (χ1v) is 8.43. The molecule has 2 aromatic rings. The molecule has 2 rings (SSSR count). The van der Waals surface area contributed by atoms with E-state index >= 15 is 0 Å². The Morgan fingerprint density at radius 1 is 1.30 bits per heavy atom. The van der Waals surface area contributed by atoms with Crippen molar-refractivity contribution in [2.24, 2.45) is 7.05 Å². The van der Waals surface area contributed by atoms with Crippen molar-refractivity contribution in [2.75, 3.05) is 0 Å². The van der Waals surface area contributed by atoms with E-state index in [2.05, 4.69) is 5.32 Å². The normalized spacial score (nSPS) is 12.1. The number of benzene rings is 1. The summed E-state index contributed by atoms with van der Waals surface area (Å²) in [4.78, 5) is 23.3. The Kier molecular flexibility index (Phi) is 6.01. The van der Waals surface area contributed by atoms with E-state index in [0.29, 0.717) is 11.1 Å². The molecule has 1 heterocycles. The second kappa shape index (κ2) is 8.04. The lowest BCUT2D eigenvalue weighted by atomic mass is 10.0. The van der Waals surface area contributed by atoms with E-state index in [-0.39, 0.29) is 17.5 Å². The van der Waals surface area contributed by atoms with Gasteiger partial charge >= 0.3 is 6.09 Å². The van der Waals surface area contributed by atoms with Gasteiger partial charge in [0.25, 0.3) is 0 Å². The number of nitrogens with one attached hydrogen (secondary N) is 1. The van der Waals surface area contributed by atoms with Crippen molar-refractivity contribution in [3.8, 4) is 17.2 Å². The van der Waals surface area contributed by atoms with Crippen LogP contribution in [0.5, 0.6) is 0 Å². The summed E-state index contributed by atoms with van der Waals surface area (Å²) in [6.07, 6.45) is -0.274. The Bertz CT molecular complexity index is 939. The number of aromatic nitrogens is 1. The summed E-state index contributed by atoms with van der Waals surface area (Å²) in [6.45, 7) is 5.36. The number of amides is 1. The van der Waals surface area contributed by atoms with Gasteiger partial charge in [0, 0.05) is 31.3 Å². The summed E-state index contributed by atoms with van der Waals surface area (Å²) < 4.78 is 21.0. The molecule has 0 aliphatic carbocycles. The van der Waals surface area contributed by atoms with Gasteiger partial charge in [-0.15, -0.1) is 0 Å². The van der Waals surface area contributed by atoms with Crippen LogP contribution in [-0.2, 0) is 18.2 Å². The highest BCUT2D eigenvalue weighted by Gasteiger charge is 2.20. The second-order valence-electron chi connectivity index (χ2n) is 7.28. The summed E-state index contributed by atoms with van der Waals surface area (Å²) in [5.41, 5.74) is 0.906. The van der Waals surface area contributed by atoms with E-state index in [9.17, 15) is 19.2 Å². The quantitative estimate of drug-likeness (QED) is 0.895. The number of carbonyl (C=O) groups is 1. The predicted octanol–water partition coefficient (Wildman–Crippen LogP) is 3.15. The molecule has 0 spiro atoms. The molecule has 1 aromatic heterocycles. The molecule has 1 aromatic carbocycles. The molecule has 0 fully saturated rings. The van der Waals surface area contributed by atoms with Crippen LogP contribution in [0.2, 0.25) is 0 Å². The first-order valence-electron chi connectivity index (χ1n) is 8.43. The van der Waals surface area contributed by atoms with Crippen molar-refractivity contribution in [1.82, 2.24) is 9.88 Å². The Labute approximate surface area is 157 Å². The van der Waals surface area contributed by atoms with Crippen LogP contribution in [0.3, 0.4) is 0 Å². The number of aryl methyl sites for hydroxylation is 1. The van der Waals surface area contributed by atoms with E-state index in [0.717, 1.165) is 0 Å². The van der Waals surface area contributed by atoms with Crippen LogP contribution in [0.1, 0.15) is 26.3 Å². The number of nitriles is 1. The van der Waals surface area contributed by atoms with Gasteiger partial charge in [-0.05, 0) is 49.6 Å². The fraction of sp³-hybridized carbons (Fsp3) is 0.350. The minimum atomic E-state index is -1.11. The molecule has 0 bridgehead atoms. The van der Waals surface area contributed by atoms with Gasteiger partial charge in [0.15, 0.2) is 6.10 Å². The lowest BCUT2D eigenvalue weighted by Gasteiger charge is -2.21. The van der Waals surface area contributed by atoms with Crippen LogP contribution in [0, 0.1) is 17.1 Å². The van der Waals surface area contributed by atoms with Gasteiger partial charge in [-0.3, -0.25) is 4.79 Å². The number of nitrogens with zero attached hydrogens (tertiary/aromatic N) is 2. The summed E-state index contributed by atoms with van der Waals surface area (Å²) in [7, 11) is 1.62. The SMILES string of the molecule is Cn1cc(-c2ccc(C[C@@H](C#N)OC(=O)NC(C)(C)C)c(F)c2)ccc1=O. The predicted molar refractivity (Wildman–Crippen MR) is 99.6 cm³/mol. The highest BCUT2D eigenvalue weighted by Crippen LogP contribution is 2.22. The molecule has 0 unspecified atom stereocenters. The number of hydrogen-bond donors (Lipinski definition) is 1. The number of halogens is 1. The molecule has 27 heavy (non-hydrogen) atoms. The van der Waals surface area contributed by atoms with Crippen molar-refractivity contribution in [3.63, 3.8) is 0 Å². The average Bonchev–Trinajstić information content (AvgIpc) is 2.56. The zero-order valence-corrected chi connectivity index (χ0v) is 15.7. The van der Waals surface area contributed by atoms with Gasteiger partial charge in [0.2, 0.25) is 5.56 Å². The van der Waals surface area contributed by atoms with Gasteiger partial charge < -0.3 is 14.6 Å². The summed E-state index contributed by atoms with van der Waals surface area (Å²) in [5.74, 6) is -0.513. The first kappa shape index (κ1) is 20.2. The largest absolute Gasteiger partial charge is 0.430 e. The van der Waals surface area contributed by atoms with E-state index in [1.165, 1.54) is 16.7 Å². The zero-order chi connectivity index (χ0) is 20.2.